The predicted octanol–water partition coefficient (Wildman–Crippen LogP) is 3.78. The third kappa shape index (κ3) is 3.77. The predicted molar refractivity (Wildman–Crippen MR) is 88.0 cm³/mol. The summed E-state index contributed by atoms with van der Waals surface area (Å²) in [6, 6.07) is 6.96. The van der Waals surface area contributed by atoms with Gasteiger partial charge in [-0.25, -0.2) is 0 Å². The average molecular weight is 296 g/mol. The molecule has 1 aromatic carbocycles. The molecule has 1 aliphatic carbocycles. The van der Waals surface area contributed by atoms with Gasteiger partial charge < -0.3 is 10.1 Å². The highest BCUT2D eigenvalue weighted by atomic mass is 35.5. The molecule has 0 aromatic heterocycles. The van der Waals surface area contributed by atoms with E-state index in [1.165, 1.54) is 17.5 Å². The summed E-state index contributed by atoms with van der Waals surface area (Å²) in [6.45, 7) is 7.21. The first-order valence-electron chi connectivity index (χ1n) is 7.29. The molecule has 0 heterocycles. The van der Waals surface area contributed by atoms with Gasteiger partial charge in [0.25, 0.3) is 0 Å². The molecule has 0 spiro atoms. The molecule has 1 aromatic rings. The highest BCUT2D eigenvalue weighted by Gasteiger charge is 2.28. The van der Waals surface area contributed by atoms with Gasteiger partial charge in [0.05, 0.1) is 7.11 Å². The first kappa shape index (κ1) is 17.1. The largest absolute Gasteiger partial charge is 0.496 e. The summed E-state index contributed by atoms with van der Waals surface area (Å²) in [5, 5.41) is 3.70. The van der Waals surface area contributed by atoms with E-state index in [0.29, 0.717) is 12.0 Å². The van der Waals surface area contributed by atoms with Crippen LogP contribution in [0.2, 0.25) is 0 Å². The molecule has 0 amide bonds. The topological polar surface area (TPSA) is 21.3 Å². The van der Waals surface area contributed by atoms with Crippen molar-refractivity contribution in [2.75, 3.05) is 13.7 Å². The highest BCUT2D eigenvalue weighted by molar-refractivity contribution is 5.85. The first-order valence-corrected chi connectivity index (χ1v) is 7.29. The highest BCUT2D eigenvalue weighted by Crippen LogP contribution is 2.33. The van der Waals surface area contributed by atoms with Gasteiger partial charge in [-0.1, -0.05) is 25.1 Å². The lowest BCUT2D eigenvalue weighted by atomic mass is 9.78. The Balaban J connectivity index is 0.00000200. The standard InChI is InChI=1S/C17H25NO.ClH/c1-4-7-14-11-13-8-6-9-17(19-3)15(13)12-16(14)18-10-5-2;/h4,6,8-9,14,16,18H,1,5,7,10-12H2,2-3H3;1H/t14-,16+;/m0./s1. The van der Waals surface area contributed by atoms with Crippen LogP contribution in [-0.4, -0.2) is 19.7 Å². The summed E-state index contributed by atoms with van der Waals surface area (Å²) < 4.78 is 5.51. The van der Waals surface area contributed by atoms with E-state index < -0.39 is 0 Å². The van der Waals surface area contributed by atoms with Crippen molar-refractivity contribution in [3.63, 3.8) is 0 Å². The summed E-state index contributed by atoms with van der Waals surface area (Å²) in [6.07, 6.45) is 6.50. The van der Waals surface area contributed by atoms with Crippen LogP contribution >= 0.6 is 12.4 Å². The molecule has 20 heavy (non-hydrogen) atoms. The van der Waals surface area contributed by atoms with E-state index in [2.05, 4.69) is 43.1 Å². The van der Waals surface area contributed by atoms with Gasteiger partial charge in [0.2, 0.25) is 0 Å². The minimum Gasteiger partial charge on any atom is -0.496 e. The first-order chi connectivity index (χ1) is 9.30. The van der Waals surface area contributed by atoms with Gasteiger partial charge in [-0.2, -0.15) is 0 Å². The Morgan fingerprint density at radius 2 is 2.20 bits per heavy atom. The number of fused-ring (bicyclic) bond motifs is 1. The summed E-state index contributed by atoms with van der Waals surface area (Å²) in [4.78, 5) is 0. The maximum atomic E-state index is 5.51. The van der Waals surface area contributed by atoms with Crippen molar-refractivity contribution in [1.82, 2.24) is 5.32 Å². The normalized spacial score (nSPS) is 20.7. The summed E-state index contributed by atoms with van der Waals surface area (Å²) in [7, 11) is 1.76. The second kappa shape index (κ2) is 8.33. The second-order valence-corrected chi connectivity index (χ2v) is 5.35. The molecule has 0 aliphatic heterocycles. The second-order valence-electron chi connectivity index (χ2n) is 5.35. The van der Waals surface area contributed by atoms with Gasteiger partial charge in [-0.15, -0.1) is 19.0 Å². The van der Waals surface area contributed by atoms with Crippen molar-refractivity contribution in [1.29, 1.82) is 0 Å². The minimum atomic E-state index is 0. The third-order valence-electron chi connectivity index (χ3n) is 4.05. The van der Waals surface area contributed by atoms with Gasteiger partial charge >= 0.3 is 0 Å². The van der Waals surface area contributed by atoms with Crippen LogP contribution in [0.1, 0.15) is 30.9 Å². The number of hydrogen-bond donors (Lipinski definition) is 1. The SMILES string of the molecule is C=CC[C@H]1Cc2cccc(OC)c2C[C@H]1NCCC.Cl. The number of rotatable bonds is 6. The molecule has 2 rings (SSSR count). The number of halogens is 1. The zero-order valence-electron chi connectivity index (χ0n) is 12.5. The van der Waals surface area contributed by atoms with Crippen LogP contribution in [0.4, 0.5) is 0 Å². The molecule has 3 heteroatoms. The Labute approximate surface area is 129 Å². The molecule has 112 valence electrons. The minimum absolute atomic E-state index is 0. The molecule has 0 radical (unpaired) electrons. The van der Waals surface area contributed by atoms with E-state index in [0.717, 1.165) is 31.6 Å². The van der Waals surface area contributed by atoms with Gasteiger partial charge in [0, 0.05) is 6.04 Å². The van der Waals surface area contributed by atoms with Crippen LogP contribution in [0.3, 0.4) is 0 Å². The van der Waals surface area contributed by atoms with Crippen LogP contribution in [-0.2, 0) is 12.8 Å². The molecule has 1 N–H and O–H groups in total. The molecule has 2 atom stereocenters. The maximum Gasteiger partial charge on any atom is 0.122 e. The van der Waals surface area contributed by atoms with E-state index >= 15 is 0 Å². The number of ether oxygens (including phenoxy) is 1. The average Bonchev–Trinajstić information content (AvgIpc) is 2.44. The fourth-order valence-electron chi connectivity index (χ4n) is 3.07. The van der Waals surface area contributed by atoms with Crippen LogP contribution in [0.25, 0.3) is 0 Å². The number of hydrogen-bond acceptors (Lipinski definition) is 2. The maximum absolute atomic E-state index is 5.51. The van der Waals surface area contributed by atoms with Crippen molar-refractivity contribution < 1.29 is 4.74 Å². The molecule has 1 aliphatic rings. The van der Waals surface area contributed by atoms with Crippen LogP contribution < -0.4 is 10.1 Å². The van der Waals surface area contributed by atoms with Crippen molar-refractivity contribution in [3.8, 4) is 5.75 Å². The molecular formula is C17H26ClNO. The summed E-state index contributed by atoms with van der Waals surface area (Å²) >= 11 is 0. The van der Waals surface area contributed by atoms with Crippen molar-refractivity contribution >= 4 is 12.4 Å². The Morgan fingerprint density at radius 3 is 2.85 bits per heavy atom. The van der Waals surface area contributed by atoms with Crippen molar-refractivity contribution in [3.05, 3.63) is 42.0 Å². The number of nitrogens with one attached hydrogen (secondary N) is 1. The third-order valence-corrected chi connectivity index (χ3v) is 4.05. The molecule has 0 saturated heterocycles. The van der Waals surface area contributed by atoms with Crippen LogP contribution in [0.15, 0.2) is 30.9 Å². The van der Waals surface area contributed by atoms with Crippen molar-refractivity contribution in [2.24, 2.45) is 5.92 Å². The molecule has 0 fully saturated rings. The number of allylic oxidation sites excluding steroid dienone is 1. The Bertz CT molecular complexity index is 433. The van der Waals surface area contributed by atoms with Crippen LogP contribution in [0, 0.1) is 5.92 Å². The van der Waals surface area contributed by atoms with Crippen LogP contribution in [0.5, 0.6) is 5.75 Å². The monoisotopic (exact) mass is 295 g/mol. The zero-order chi connectivity index (χ0) is 13.7. The smallest absolute Gasteiger partial charge is 0.122 e. The Hall–Kier alpha value is -0.990. The molecule has 0 saturated carbocycles. The Kier molecular flexibility index (Phi) is 7.11. The number of benzene rings is 1. The van der Waals surface area contributed by atoms with Gasteiger partial charge in [0.1, 0.15) is 5.75 Å². The molecule has 0 unspecified atom stereocenters. The molecule has 0 bridgehead atoms. The Morgan fingerprint density at radius 1 is 1.40 bits per heavy atom. The van der Waals surface area contributed by atoms with E-state index in [-0.39, 0.29) is 12.4 Å². The van der Waals surface area contributed by atoms with Gasteiger partial charge in [0.15, 0.2) is 0 Å². The van der Waals surface area contributed by atoms with Gasteiger partial charge in [-0.05, 0) is 55.3 Å². The lowest BCUT2D eigenvalue weighted by Crippen LogP contribution is -2.42. The lowest BCUT2D eigenvalue weighted by molar-refractivity contribution is 0.323. The number of methoxy groups -OCH3 is 1. The molecular weight excluding hydrogens is 270 g/mol. The molecule has 2 nitrogen and oxygen atoms in total. The van der Waals surface area contributed by atoms with E-state index in [1.807, 2.05) is 0 Å². The van der Waals surface area contributed by atoms with Gasteiger partial charge in [-0.3, -0.25) is 0 Å². The quantitative estimate of drug-likeness (QED) is 0.807. The fraction of sp³-hybridized carbons (Fsp3) is 0.529. The van der Waals surface area contributed by atoms with Crippen molar-refractivity contribution in [2.45, 2.75) is 38.6 Å². The van der Waals surface area contributed by atoms with E-state index in [9.17, 15) is 0 Å². The summed E-state index contributed by atoms with van der Waals surface area (Å²) in [5.74, 6) is 1.70. The zero-order valence-corrected chi connectivity index (χ0v) is 13.3. The lowest BCUT2D eigenvalue weighted by Gasteiger charge is -2.34. The summed E-state index contributed by atoms with van der Waals surface area (Å²) in [5.41, 5.74) is 2.83. The van der Waals surface area contributed by atoms with E-state index in [1.54, 1.807) is 7.11 Å². The van der Waals surface area contributed by atoms with E-state index in [4.69, 9.17) is 4.74 Å². The fourth-order valence-corrected chi connectivity index (χ4v) is 3.07.